The number of anilines is 1. The third-order valence-corrected chi connectivity index (χ3v) is 4.19. The van der Waals surface area contributed by atoms with E-state index in [-0.39, 0.29) is 36.5 Å². The van der Waals surface area contributed by atoms with E-state index in [1.807, 2.05) is 6.92 Å². The van der Waals surface area contributed by atoms with Crippen LogP contribution in [-0.2, 0) is 9.59 Å². The fraction of sp³-hybridized carbons (Fsp3) is 0.500. The van der Waals surface area contributed by atoms with E-state index < -0.39 is 11.8 Å². The standard InChI is InChI=1S/C18H25FN4O3/c1-2-9-20-16(24)11-21-17(25)13-6-5-10-23(12-13)18(26)22-15-8-4-3-7-14(15)19/h3-4,7-8,13H,2,5-6,9-12H2,1H3,(H,20,24)(H,21,25)(H,22,26). The van der Waals surface area contributed by atoms with Crippen molar-refractivity contribution < 1.29 is 18.8 Å². The molecule has 0 bridgehead atoms. The van der Waals surface area contributed by atoms with E-state index in [0.717, 1.165) is 6.42 Å². The second kappa shape index (κ2) is 9.74. The van der Waals surface area contributed by atoms with Crippen LogP contribution in [0.25, 0.3) is 0 Å². The molecule has 142 valence electrons. The molecule has 3 N–H and O–H groups in total. The summed E-state index contributed by atoms with van der Waals surface area (Å²) in [6.07, 6.45) is 2.14. The van der Waals surface area contributed by atoms with Gasteiger partial charge >= 0.3 is 6.03 Å². The van der Waals surface area contributed by atoms with Crippen LogP contribution < -0.4 is 16.0 Å². The van der Waals surface area contributed by atoms with Gasteiger partial charge < -0.3 is 20.9 Å². The molecule has 7 nitrogen and oxygen atoms in total. The average Bonchev–Trinajstić information content (AvgIpc) is 2.66. The molecule has 1 fully saturated rings. The summed E-state index contributed by atoms with van der Waals surface area (Å²) in [6.45, 7) is 3.18. The van der Waals surface area contributed by atoms with Crippen LogP contribution >= 0.6 is 0 Å². The number of nitrogens with zero attached hydrogens (tertiary/aromatic N) is 1. The Kier molecular flexibility index (Phi) is 7.37. The maximum absolute atomic E-state index is 13.7. The maximum atomic E-state index is 13.7. The highest BCUT2D eigenvalue weighted by Crippen LogP contribution is 2.19. The van der Waals surface area contributed by atoms with Crippen molar-refractivity contribution in [2.24, 2.45) is 5.92 Å². The zero-order valence-electron chi connectivity index (χ0n) is 14.9. The van der Waals surface area contributed by atoms with Gasteiger partial charge in [0.05, 0.1) is 18.2 Å². The molecule has 2 rings (SSSR count). The molecule has 4 amide bonds. The number of benzene rings is 1. The predicted molar refractivity (Wildman–Crippen MR) is 96.0 cm³/mol. The van der Waals surface area contributed by atoms with Gasteiger partial charge in [-0.05, 0) is 31.4 Å². The monoisotopic (exact) mass is 364 g/mol. The number of nitrogens with one attached hydrogen (secondary N) is 3. The molecule has 1 aliphatic heterocycles. The molecular weight excluding hydrogens is 339 g/mol. The van der Waals surface area contributed by atoms with Crippen LogP contribution in [0.1, 0.15) is 26.2 Å². The fourth-order valence-electron chi connectivity index (χ4n) is 2.77. The molecule has 8 heteroatoms. The van der Waals surface area contributed by atoms with Crippen molar-refractivity contribution in [1.29, 1.82) is 0 Å². The highest BCUT2D eigenvalue weighted by molar-refractivity contribution is 5.90. The van der Waals surface area contributed by atoms with Crippen molar-refractivity contribution in [3.63, 3.8) is 0 Å². The normalized spacial score (nSPS) is 16.7. The first kappa shape index (κ1) is 19.7. The molecule has 0 aromatic heterocycles. The van der Waals surface area contributed by atoms with E-state index in [2.05, 4.69) is 16.0 Å². The van der Waals surface area contributed by atoms with E-state index in [1.54, 1.807) is 12.1 Å². The zero-order valence-corrected chi connectivity index (χ0v) is 14.9. The first-order valence-electron chi connectivity index (χ1n) is 8.86. The molecule has 1 aliphatic rings. The van der Waals surface area contributed by atoms with Crippen LogP contribution in [0.5, 0.6) is 0 Å². The Morgan fingerprint density at radius 1 is 1.23 bits per heavy atom. The Morgan fingerprint density at radius 3 is 2.73 bits per heavy atom. The van der Waals surface area contributed by atoms with Gasteiger partial charge in [-0.25, -0.2) is 9.18 Å². The molecule has 26 heavy (non-hydrogen) atoms. The summed E-state index contributed by atoms with van der Waals surface area (Å²) in [7, 11) is 0. The molecule has 1 aromatic rings. The zero-order chi connectivity index (χ0) is 18.9. The number of urea groups is 1. The quantitative estimate of drug-likeness (QED) is 0.718. The van der Waals surface area contributed by atoms with E-state index in [9.17, 15) is 18.8 Å². The number of amides is 4. The van der Waals surface area contributed by atoms with Gasteiger partial charge in [0.25, 0.3) is 0 Å². The van der Waals surface area contributed by atoms with Crippen molar-refractivity contribution in [3.8, 4) is 0 Å². The van der Waals surface area contributed by atoms with Gasteiger partial charge in [-0.2, -0.15) is 0 Å². The summed E-state index contributed by atoms with van der Waals surface area (Å²) in [5.74, 6) is -1.37. The minimum atomic E-state index is -0.509. The van der Waals surface area contributed by atoms with E-state index >= 15 is 0 Å². The Hall–Kier alpha value is -2.64. The number of piperidine rings is 1. The van der Waals surface area contributed by atoms with Gasteiger partial charge in [0.2, 0.25) is 11.8 Å². The van der Waals surface area contributed by atoms with E-state index in [1.165, 1.54) is 17.0 Å². The minimum Gasteiger partial charge on any atom is -0.355 e. The molecule has 1 unspecified atom stereocenters. The van der Waals surface area contributed by atoms with Crippen molar-refractivity contribution in [1.82, 2.24) is 15.5 Å². The lowest BCUT2D eigenvalue weighted by atomic mass is 9.97. The number of halogens is 1. The number of rotatable bonds is 6. The molecule has 0 saturated carbocycles. The highest BCUT2D eigenvalue weighted by Gasteiger charge is 2.28. The predicted octanol–water partition coefficient (Wildman–Crippen LogP) is 1.71. The fourth-order valence-corrected chi connectivity index (χ4v) is 2.77. The maximum Gasteiger partial charge on any atom is 0.321 e. The van der Waals surface area contributed by atoms with Crippen molar-refractivity contribution in [3.05, 3.63) is 30.1 Å². The summed E-state index contributed by atoms with van der Waals surface area (Å²) in [6, 6.07) is 5.49. The first-order chi connectivity index (χ1) is 12.5. The van der Waals surface area contributed by atoms with Gasteiger partial charge in [0.1, 0.15) is 5.82 Å². The minimum absolute atomic E-state index is 0.0727. The number of hydrogen-bond donors (Lipinski definition) is 3. The SMILES string of the molecule is CCCNC(=O)CNC(=O)C1CCCN(C(=O)Nc2ccccc2F)C1. The third-order valence-electron chi connectivity index (χ3n) is 4.19. The highest BCUT2D eigenvalue weighted by atomic mass is 19.1. The van der Waals surface area contributed by atoms with Crippen LogP contribution in [0.2, 0.25) is 0 Å². The molecule has 1 saturated heterocycles. The second-order valence-electron chi connectivity index (χ2n) is 6.26. The third kappa shape index (κ3) is 5.72. The second-order valence-corrected chi connectivity index (χ2v) is 6.26. The van der Waals surface area contributed by atoms with Crippen LogP contribution in [0.4, 0.5) is 14.9 Å². The summed E-state index contributed by atoms with van der Waals surface area (Å²) < 4.78 is 13.7. The van der Waals surface area contributed by atoms with Gasteiger partial charge in [0, 0.05) is 19.6 Å². The molecule has 1 heterocycles. The first-order valence-corrected chi connectivity index (χ1v) is 8.86. The molecule has 1 atom stereocenters. The largest absolute Gasteiger partial charge is 0.355 e. The van der Waals surface area contributed by atoms with Crippen LogP contribution in [0.3, 0.4) is 0 Å². The Labute approximate surface area is 152 Å². The molecule has 0 spiro atoms. The van der Waals surface area contributed by atoms with Crippen LogP contribution in [-0.4, -0.2) is 48.9 Å². The topological polar surface area (TPSA) is 90.5 Å². The number of likely N-dealkylation sites (tertiary alicyclic amines) is 1. The molecule has 0 radical (unpaired) electrons. The van der Waals surface area contributed by atoms with Crippen LogP contribution in [0, 0.1) is 11.7 Å². The Balaban J connectivity index is 1.84. The van der Waals surface area contributed by atoms with Gasteiger partial charge in [0.15, 0.2) is 0 Å². The van der Waals surface area contributed by atoms with Crippen molar-refractivity contribution in [2.45, 2.75) is 26.2 Å². The van der Waals surface area contributed by atoms with Gasteiger partial charge in [-0.15, -0.1) is 0 Å². The smallest absolute Gasteiger partial charge is 0.321 e. The lowest BCUT2D eigenvalue weighted by Crippen LogP contribution is -2.48. The number of para-hydroxylation sites is 1. The Bertz CT molecular complexity index is 653. The summed E-state index contributed by atoms with van der Waals surface area (Å²) in [5.41, 5.74) is 0.108. The lowest BCUT2D eigenvalue weighted by Gasteiger charge is -2.32. The summed E-state index contributed by atoms with van der Waals surface area (Å²) in [5, 5.41) is 7.83. The van der Waals surface area contributed by atoms with Gasteiger partial charge in [-0.3, -0.25) is 9.59 Å². The van der Waals surface area contributed by atoms with Crippen molar-refractivity contribution >= 4 is 23.5 Å². The Morgan fingerprint density at radius 2 is 2.00 bits per heavy atom. The summed E-state index contributed by atoms with van der Waals surface area (Å²) >= 11 is 0. The van der Waals surface area contributed by atoms with Gasteiger partial charge in [-0.1, -0.05) is 19.1 Å². The number of carbonyl (C=O) groups excluding carboxylic acids is 3. The molecule has 0 aliphatic carbocycles. The van der Waals surface area contributed by atoms with Crippen molar-refractivity contribution in [2.75, 3.05) is 31.5 Å². The molecule has 1 aromatic carbocycles. The van der Waals surface area contributed by atoms with E-state index in [4.69, 9.17) is 0 Å². The average molecular weight is 364 g/mol. The lowest BCUT2D eigenvalue weighted by molar-refractivity contribution is -0.129. The molecular formula is C18H25FN4O3. The van der Waals surface area contributed by atoms with Crippen LogP contribution in [0.15, 0.2) is 24.3 Å². The summed E-state index contributed by atoms with van der Waals surface area (Å²) in [4.78, 5) is 37.6. The number of carbonyl (C=O) groups is 3. The van der Waals surface area contributed by atoms with E-state index in [0.29, 0.717) is 25.9 Å². The number of hydrogen-bond acceptors (Lipinski definition) is 3.